The summed E-state index contributed by atoms with van der Waals surface area (Å²) in [6, 6.07) is 2.88. The third kappa shape index (κ3) is 3.91. The van der Waals surface area contributed by atoms with Crippen molar-refractivity contribution in [2.24, 2.45) is 0 Å². The van der Waals surface area contributed by atoms with Crippen LogP contribution < -0.4 is 5.32 Å². The summed E-state index contributed by atoms with van der Waals surface area (Å²) < 4.78 is 28.3. The first-order valence-electron chi connectivity index (χ1n) is 6.42. The van der Waals surface area contributed by atoms with Crippen molar-refractivity contribution in [2.75, 3.05) is 5.32 Å². The van der Waals surface area contributed by atoms with Crippen molar-refractivity contribution in [2.45, 2.75) is 23.9 Å². The summed E-state index contributed by atoms with van der Waals surface area (Å²) in [5.74, 6) is -1.77. The molecule has 22 heavy (non-hydrogen) atoms. The number of rotatable bonds is 6. The molecule has 116 valence electrons. The van der Waals surface area contributed by atoms with Crippen molar-refractivity contribution < 1.29 is 13.6 Å². The quantitative estimate of drug-likeness (QED) is 0.656. The van der Waals surface area contributed by atoms with Gasteiger partial charge in [0.1, 0.15) is 18.0 Å². The van der Waals surface area contributed by atoms with E-state index in [1.807, 2.05) is 0 Å². The lowest BCUT2D eigenvalue weighted by Gasteiger charge is -2.12. The maximum atomic E-state index is 13.5. The summed E-state index contributed by atoms with van der Waals surface area (Å²) in [4.78, 5) is 12.1. The van der Waals surface area contributed by atoms with Gasteiger partial charge in [-0.3, -0.25) is 4.79 Å². The minimum absolute atomic E-state index is 0.190. The molecule has 0 saturated heterocycles. The lowest BCUT2D eigenvalue weighted by Crippen LogP contribution is -2.23. The number of allylic oxidation sites excluding steroid dienone is 1. The number of amides is 1. The molecule has 0 radical (unpaired) electrons. The Morgan fingerprint density at radius 3 is 3.05 bits per heavy atom. The summed E-state index contributed by atoms with van der Waals surface area (Å²) in [6.45, 7) is 5.78. The molecule has 0 unspecified atom stereocenters. The highest BCUT2D eigenvalue weighted by Crippen LogP contribution is 2.23. The summed E-state index contributed by atoms with van der Waals surface area (Å²) >= 11 is 1.17. The molecule has 0 fully saturated rings. The van der Waals surface area contributed by atoms with Crippen LogP contribution in [0.15, 0.2) is 42.3 Å². The fraction of sp³-hybridized carbons (Fsp3) is 0.214. The van der Waals surface area contributed by atoms with Crippen LogP contribution in [0.1, 0.15) is 6.92 Å². The molecule has 0 spiro atoms. The highest BCUT2D eigenvalue weighted by atomic mass is 32.2. The number of thioether (sulfide) groups is 1. The zero-order valence-corrected chi connectivity index (χ0v) is 12.6. The number of anilines is 1. The van der Waals surface area contributed by atoms with E-state index in [-0.39, 0.29) is 5.69 Å². The Kier molecular flexibility index (Phi) is 5.26. The highest BCUT2D eigenvalue weighted by Gasteiger charge is 2.19. The van der Waals surface area contributed by atoms with E-state index in [0.717, 1.165) is 18.2 Å². The second-order valence-corrected chi connectivity index (χ2v) is 5.74. The van der Waals surface area contributed by atoms with E-state index in [1.54, 1.807) is 17.6 Å². The number of carbonyl (C=O) groups is 1. The lowest BCUT2D eigenvalue weighted by molar-refractivity contribution is -0.115. The number of nitrogens with one attached hydrogen (secondary N) is 1. The standard InChI is InChI=1S/C14H14F2N4OS/c1-3-6-20-8-17-19-14(20)22-9(2)13(21)18-12-7-10(15)4-5-11(12)16/h3-5,7-9H,1,6H2,2H3,(H,18,21)/t9-/m0/s1. The van der Waals surface area contributed by atoms with E-state index in [9.17, 15) is 13.6 Å². The molecular formula is C14H14F2N4OS. The Hall–Kier alpha value is -2.22. The van der Waals surface area contributed by atoms with Gasteiger partial charge in [0.25, 0.3) is 0 Å². The van der Waals surface area contributed by atoms with Gasteiger partial charge in [-0.25, -0.2) is 8.78 Å². The molecule has 8 heteroatoms. The fourth-order valence-corrected chi connectivity index (χ4v) is 2.47. The monoisotopic (exact) mass is 324 g/mol. The Balaban J connectivity index is 2.04. The van der Waals surface area contributed by atoms with Gasteiger partial charge in [-0.1, -0.05) is 17.8 Å². The third-order valence-corrected chi connectivity index (χ3v) is 3.84. The Morgan fingerprint density at radius 2 is 2.32 bits per heavy atom. The number of aromatic nitrogens is 3. The van der Waals surface area contributed by atoms with E-state index >= 15 is 0 Å². The molecule has 0 aliphatic rings. The van der Waals surface area contributed by atoms with Gasteiger partial charge in [0.05, 0.1) is 10.9 Å². The Bertz CT molecular complexity index is 689. The van der Waals surface area contributed by atoms with Gasteiger partial charge < -0.3 is 9.88 Å². The lowest BCUT2D eigenvalue weighted by atomic mass is 10.3. The molecule has 1 aromatic heterocycles. The Labute approximate surface area is 130 Å². The maximum Gasteiger partial charge on any atom is 0.237 e. The van der Waals surface area contributed by atoms with Crippen LogP contribution in [-0.2, 0) is 11.3 Å². The molecular weight excluding hydrogens is 310 g/mol. The zero-order valence-electron chi connectivity index (χ0n) is 11.8. The van der Waals surface area contributed by atoms with E-state index in [4.69, 9.17) is 0 Å². The van der Waals surface area contributed by atoms with Crippen molar-refractivity contribution in [3.8, 4) is 0 Å². The number of carbonyl (C=O) groups excluding carboxylic acids is 1. The normalized spacial score (nSPS) is 12.0. The average molecular weight is 324 g/mol. The largest absolute Gasteiger partial charge is 0.323 e. The first-order valence-corrected chi connectivity index (χ1v) is 7.30. The SMILES string of the molecule is C=CCn1cnnc1S[C@@H](C)C(=O)Nc1cc(F)ccc1F. The van der Waals surface area contributed by atoms with E-state index < -0.39 is 22.8 Å². The van der Waals surface area contributed by atoms with E-state index in [0.29, 0.717) is 11.7 Å². The van der Waals surface area contributed by atoms with Crippen molar-refractivity contribution in [1.82, 2.24) is 14.8 Å². The number of hydrogen-bond acceptors (Lipinski definition) is 4. The first-order chi connectivity index (χ1) is 10.5. The second-order valence-electron chi connectivity index (χ2n) is 4.43. The van der Waals surface area contributed by atoms with E-state index in [2.05, 4.69) is 22.1 Å². The molecule has 0 aliphatic heterocycles. The average Bonchev–Trinajstić information content (AvgIpc) is 2.90. The predicted molar refractivity (Wildman–Crippen MR) is 80.5 cm³/mol. The number of benzene rings is 1. The van der Waals surface area contributed by atoms with Crippen LogP contribution in [-0.4, -0.2) is 25.9 Å². The summed E-state index contributed by atoms with van der Waals surface area (Å²) in [7, 11) is 0. The van der Waals surface area contributed by atoms with Crippen LogP contribution in [0.2, 0.25) is 0 Å². The minimum atomic E-state index is -0.693. The van der Waals surface area contributed by atoms with Gasteiger partial charge in [-0.15, -0.1) is 16.8 Å². The summed E-state index contributed by atoms with van der Waals surface area (Å²) in [5.41, 5.74) is -0.190. The van der Waals surface area contributed by atoms with Crippen LogP contribution in [0.25, 0.3) is 0 Å². The smallest absolute Gasteiger partial charge is 0.237 e. The molecule has 1 atom stereocenters. The van der Waals surface area contributed by atoms with Crippen molar-refractivity contribution >= 4 is 23.4 Å². The van der Waals surface area contributed by atoms with Crippen molar-refractivity contribution in [3.05, 3.63) is 48.8 Å². The molecule has 1 amide bonds. The molecule has 1 aromatic carbocycles. The molecule has 2 aromatic rings. The van der Waals surface area contributed by atoms with Gasteiger partial charge in [-0.2, -0.15) is 0 Å². The van der Waals surface area contributed by atoms with Gasteiger partial charge in [0.15, 0.2) is 5.16 Å². The van der Waals surface area contributed by atoms with Crippen LogP contribution >= 0.6 is 11.8 Å². The molecule has 2 rings (SSSR count). The number of hydrogen-bond donors (Lipinski definition) is 1. The fourth-order valence-electron chi connectivity index (χ4n) is 1.64. The molecule has 5 nitrogen and oxygen atoms in total. The van der Waals surface area contributed by atoms with Crippen LogP contribution in [0.4, 0.5) is 14.5 Å². The van der Waals surface area contributed by atoms with E-state index in [1.165, 1.54) is 18.1 Å². The Morgan fingerprint density at radius 1 is 1.55 bits per heavy atom. The minimum Gasteiger partial charge on any atom is -0.323 e. The van der Waals surface area contributed by atoms with Crippen molar-refractivity contribution in [3.63, 3.8) is 0 Å². The second kappa shape index (κ2) is 7.17. The molecule has 1 heterocycles. The van der Waals surface area contributed by atoms with Gasteiger partial charge in [0, 0.05) is 12.6 Å². The van der Waals surface area contributed by atoms with Gasteiger partial charge in [0.2, 0.25) is 5.91 Å². The number of halogens is 2. The van der Waals surface area contributed by atoms with Crippen LogP contribution in [0.3, 0.4) is 0 Å². The summed E-state index contributed by atoms with van der Waals surface area (Å²) in [6.07, 6.45) is 3.21. The molecule has 0 saturated carbocycles. The van der Waals surface area contributed by atoms with Gasteiger partial charge in [-0.05, 0) is 19.1 Å². The zero-order chi connectivity index (χ0) is 16.1. The summed E-state index contributed by atoms with van der Waals surface area (Å²) in [5, 5.41) is 10.0. The number of nitrogens with zero attached hydrogens (tertiary/aromatic N) is 3. The highest BCUT2D eigenvalue weighted by molar-refractivity contribution is 8.00. The molecule has 0 aliphatic carbocycles. The van der Waals surface area contributed by atoms with Gasteiger partial charge >= 0.3 is 0 Å². The van der Waals surface area contributed by atoms with Crippen LogP contribution in [0.5, 0.6) is 0 Å². The maximum absolute atomic E-state index is 13.5. The molecule has 0 bridgehead atoms. The first kappa shape index (κ1) is 16.2. The van der Waals surface area contributed by atoms with Crippen LogP contribution in [0, 0.1) is 11.6 Å². The predicted octanol–water partition coefficient (Wildman–Crippen LogP) is 2.86. The van der Waals surface area contributed by atoms with Crippen molar-refractivity contribution in [1.29, 1.82) is 0 Å². The topological polar surface area (TPSA) is 59.8 Å². The molecule has 1 N–H and O–H groups in total. The third-order valence-electron chi connectivity index (χ3n) is 2.74.